The van der Waals surface area contributed by atoms with Crippen LogP contribution in [-0.4, -0.2) is 37.7 Å². The van der Waals surface area contributed by atoms with Crippen LogP contribution >= 0.6 is 0 Å². The van der Waals surface area contributed by atoms with E-state index < -0.39 is 0 Å². The minimum absolute atomic E-state index is 0.544. The third kappa shape index (κ3) is 1.18. The summed E-state index contributed by atoms with van der Waals surface area (Å²) in [7, 11) is 4.30. The van der Waals surface area contributed by atoms with Gasteiger partial charge in [0.05, 0.1) is 12.7 Å². The van der Waals surface area contributed by atoms with Gasteiger partial charge in [-0.25, -0.2) is 0 Å². The molecule has 63 valence electrons. The van der Waals surface area contributed by atoms with Crippen molar-refractivity contribution in [1.82, 2.24) is 4.90 Å². The molecule has 0 aromatic carbocycles. The highest BCUT2D eigenvalue weighted by molar-refractivity contribution is 4.98. The molecule has 2 rings (SSSR count). The summed E-state index contributed by atoms with van der Waals surface area (Å²) in [6, 6.07) is 0.666. The van der Waals surface area contributed by atoms with Crippen molar-refractivity contribution in [2.45, 2.75) is 25.0 Å². The number of hydrogen-bond acceptors (Lipinski definition) is 2. The second-order valence-corrected chi connectivity index (χ2v) is 3.83. The van der Waals surface area contributed by atoms with Gasteiger partial charge in [0.15, 0.2) is 0 Å². The molecule has 0 unspecified atom stereocenters. The topological polar surface area (TPSA) is 12.5 Å². The molecule has 1 saturated carbocycles. The van der Waals surface area contributed by atoms with Gasteiger partial charge in [0, 0.05) is 12.0 Å². The standard InChI is InChI=1S/C9H16NO/c1-10(2)8-6-11-9-5-3-4-7(8)9/h3,7-9H,4-6H2,1-2H3/t7-,8-,9-/m1/s1. The lowest BCUT2D eigenvalue weighted by atomic mass is 9.99. The van der Waals surface area contributed by atoms with Crippen molar-refractivity contribution in [3.05, 3.63) is 6.42 Å². The van der Waals surface area contributed by atoms with Gasteiger partial charge in [0.1, 0.15) is 0 Å². The first-order chi connectivity index (χ1) is 5.29. The molecule has 0 spiro atoms. The number of nitrogens with zero attached hydrogens (tertiary/aromatic N) is 1. The maximum absolute atomic E-state index is 5.68. The van der Waals surface area contributed by atoms with Crippen LogP contribution in [0.4, 0.5) is 0 Å². The Hall–Kier alpha value is -0.0800. The molecule has 1 saturated heterocycles. The lowest BCUT2D eigenvalue weighted by molar-refractivity contribution is 0.101. The lowest BCUT2D eigenvalue weighted by Gasteiger charge is -2.22. The van der Waals surface area contributed by atoms with Gasteiger partial charge in [-0.3, -0.25) is 0 Å². The van der Waals surface area contributed by atoms with Gasteiger partial charge in [0.2, 0.25) is 0 Å². The van der Waals surface area contributed by atoms with Crippen molar-refractivity contribution in [3.8, 4) is 0 Å². The highest BCUT2D eigenvalue weighted by Gasteiger charge is 2.41. The van der Waals surface area contributed by atoms with E-state index in [0.717, 1.165) is 12.5 Å². The Kier molecular flexibility index (Phi) is 1.90. The normalized spacial score (nSPS) is 43.4. The smallest absolute Gasteiger partial charge is 0.0629 e. The molecule has 0 aromatic heterocycles. The summed E-state index contributed by atoms with van der Waals surface area (Å²) in [4.78, 5) is 2.30. The summed E-state index contributed by atoms with van der Waals surface area (Å²) >= 11 is 0. The van der Waals surface area contributed by atoms with Crippen molar-refractivity contribution in [2.75, 3.05) is 20.7 Å². The fraction of sp³-hybridized carbons (Fsp3) is 0.889. The molecule has 1 aliphatic heterocycles. The van der Waals surface area contributed by atoms with Crippen LogP contribution < -0.4 is 0 Å². The molecule has 1 aliphatic carbocycles. The molecule has 3 atom stereocenters. The van der Waals surface area contributed by atoms with Gasteiger partial charge in [-0.05, 0) is 33.4 Å². The number of likely N-dealkylation sites (N-methyl/N-ethyl adjacent to an activating group) is 1. The summed E-state index contributed by atoms with van der Waals surface area (Å²) < 4.78 is 5.68. The zero-order chi connectivity index (χ0) is 7.84. The molecule has 11 heavy (non-hydrogen) atoms. The van der Waals surface area contributed by atoms with Crippen LogP contribution in [0, 0.1) is 12.3 Å². The first kappa shape index (κ1) is 7.56. The first-order valence-corrected chi connectivity index (χ1v) is 4.38. The zero-order valence-corrected chi connectivity index (χ0v) is 7.29. The fourth-order valence-electron chi connectivity index (χ4n) is 2.25. The molecular formula is C9H16NO. The van der Waals surface area contributed by atoms with Crippen LogP contribution in [0.3, 0.4) is 0 Å². The Bertz CT molecular complexity index is 146. The van der Waals surface area contributed by atoms with E-state index >= 15 is 0 Å². The molecule has 0 N–H and O–H groups in total. The van der Waals surface area contributed by atoms with Crippen LogP contribution in [0.1, 0.15) is 12.8 Å². The molecule has 2 fully saturated rings. The summed E-state index contributed by atoms with van der Waals surface area (Å²) in [6.45, 7) is 0.941. The van der Waals surface area contributed by atoms with Gasteiger partial charge < -0.3 is 9.64 Å². The average Bonchev–Trinajstić information content (AvgIpc) is 2.41. The van der Waals surface area contributed by atoms with Crippen LogP contribution in [0.2, 0.25) is 0 Å². The van der Waals surface area contributed by atoms with Crippen molar-refractivity contribution in [3.63, 3.8) is 0 Å². The van der Waals surface area contributed by atoms with Gasteiger partial charge >= 0.3 is 0 Å². The fourth-order valence-corrected chi connectivity index (χ4v) is 2.25. The number of hydrogen-bond donors (Lipinski definition) is 0. The Labute approximate surface area is 68.5 Å². The quantitative estimate of drug-likeness (QED) is 0.557. The van der Waals surface area contributed by atoms with Crippen LogP contribution in [0.25, 0.3) is 0 Å². The molecule has 2 aliphatic rings. The second-order valence-electron chi connectivity index (χ2n) is 3.83. The maximum Gasteiger partial charge on any atom is 0.0629 e. The molecule has 0 bridgehead atoms. The van der Waals surface area contributed by atoms with E-state index in [-0.39, 0.29) is 0 Å². The molecule has 1 heterocycles. The Morgan fingerprint density at radius 2 is 2.18 bits per heavy atom. The second kappa shape index (κ2) is 2.76. The van der Waals surface area contributed by atoms with Crippen LogP contribution in [0.15, 0.2) is 0 Å². The van der Waals surface area contributed by atoms with Crippen molar-refractivity contribution < 1.29 is 4.74 Å². The van der Waals surface area contributed by atoms with Crippen molar-refractivity contribution >= 4 is 0 Å². The maximum atomic E-state index is 5.68. The molecule has 1 radical (unpaired) electrons. The predicted octanol–water partition coefficient (Wildman–Crippen LogP) is 0.930. The summed E-state index contributed by atoms with van der Waals surface area (Å²) in [5.41, 5.74) is 0. The number of rotatable bonds is 1. The summed E-state index contributed by atoms with van der Waals surface area (Å²) in [6.07, 6.45) is 5.34. The minimum atomic E-state index is 0.544. The first-order valence-electron chi connectivity index (χ1n) is 4.38. The van der Waals surface area contributed by atoms with E-state index in [1.165, 1.54) is 12.8 Å². The van der Waals surface area contributed by atoms with E-state index in [0.29, 0.717) is 12.1 Å². The predicted molar refractivity (Wildman–Crippen MR) is 44.2 cm³/mol. The van der Waals surface area contributed by atoms with Crippen LogP contribution in [0.5, 0.6) is 0 Å². The molecule has 0 amide bonds. The lowest BCUT2D eigenvalue weighted by Crippen LogP contribution is -2.34. The van der Waals surface area contributed by atoms with Crippen molar-refractivity contribution in [2.24, 2.45) is 5.92 Å². The van der Waals surface area contributed by atoms with E-state index in [9.17, 15) is 0 Å². The highest BCUT2D eigenvalue weighted by Crippen LogP contribution is 2.36. The van der Waals surface area contributed by atoms with E-state index in [1.807, 2.05) is 0 Å². The van der Waals surface area contributed by atoms with Gasteiger partial charge in [-0.1, -0.05) is 0 Å². The molecule has 2 heteroatoms. The molecular weight excluding hydrogens is 138 g/mol. The van der Waals surface area contributed by atoms with E-state index in [2.05, 4.69) is 25.4 Å². The zero-order valence-electron chi connectivity index (χ0n) is 7.29. The third-order valence-electron chi connectivity index (χ3n) is 2.95. The monoisotopic (exact) mass is 154 g/mol. The van der Waals surface area contributed by atoms with Crippen LogP contribution in [-0.2, 0) is 4.74 Å². The minimum Gasteiger partial charge on any atom is -0.376 e. The van der Waals surface area contributed by atoms with Gasteiger partial charge in [-0.15, -0.1) is 0 Å². The molecule has 2 nitrogen and oxygen atoms in total. The Morgan fingerprint density at radius 1 is 1.36 bits per heavy atom. The van der Waals surface area contributed by atoms with E-state index in [4.69, 9.17) is 4.74 Å². The molecule has 0 aromatic rings. The number of fused-ring (bicyclic) bond motifs is 1. The SMILES string of the molecule is CN(C)[C@@H]1CO[C@@H]2C[CH]C[C@H]12. The van der Waals surface area contributed by atoms with Gasteiger partial charge in [-0.2, -0.15) is 0 Å². The van der Waals surface area contributed by atoms with Gasteiger partial charge in [0.25, 0.3) is 0 Å². The Balaban J connectivity index is 2.03. The third-order valence-corrected chi connectivity index (χ3v) is 2.95. The average molecular weight is 154 g/mol. The number of ether oxygens (including phenoxy) is 1. The van der Waals surface area contributed by atoms with E-state index in [1.54, 1.807) is 0 Å². The van der Waals surface area contributed by atoms with Crippen molar-refractivity contribution in [1.29, 1.82) is 0 Å². The summed E-state index contributed by atoms with van der Waals surface area (Å²) in [5, 5.41) is 0. The highest BCUT2D eigenvalue weighted by atomic mass is 16.5. The Morgan fingerprint density at radius 3 is 2.91 bits per heavy atom. The summed E-state index contributed by atoms with van der Waals surface area (Å²) in [5.74, 6) is 0.782. The largest absolute Gasteiger partial charge is 0.376 e.